The maximum Gasteiger partial charge on any atom is 0.251 e. The predicted molar refractivity (Wildman–Crippen MR) is 95.1 cm³/mol. The van der Waals surface area contributed by atoms with Gasteiger partial charge in [0.15, 0.2) is 5.82 Å². The van der Waals surface area contributed by atoms with Crippen molar-refractivity contribution in [2.45, 2.75) is 58.2 Å². The molecule has 25 heavy (non-hydrogen) atoms. The molecular formula is C19H26N4O2. The van der Waals surface area contributed by atoms with Gasteiger partial charge in [-0.25, -0.2) is 0 Å². The Morgan fingerprint density at radius 2 is 1.92 bits per heavy atom. The Bertz CT molecular complexity index is 727. The maximum atomic E-state index is 11.6. The van der Waals surface area contributed by atoms with Crippen LogP contribution in [0.1, 0.15) is 61.2 Å². The minimum atomic E-state index is -0.134. The second-order valence-electron chi connectivity index (χ2n) is 7.68. The lowest BCUT2D eigenvalue weighted by Crippen LogP contribution is -2.26. The molecule has 0 spiro atoms. The number of carbonyl (C=O) groups is 1. The van der Waals surface area contributed by atoms with Gasteiger partial charge in [0.25, 0.3) is 5.91 Å². The lowest BCUT2D eigenvalue weighted by Gasteiger charge is -2.20. The van der Waals surface area contributed by atoms with Crippen LogP contribution in [0.4, 0.5) is 0 Å². The Morgan fingerprint density at radius 3 is 2.44 bits per heavy atom. The quantitative estimate of drug-likeness (QED) is 0.874. The summed E-state index contributed by atoms with van der Waals surface area (Å²) in [6.07, 6.45) is 2.42. The van der Waals surface area contributed by atoms with Crippen LogP contribution in [0.25, 0.3) is 0 Å². The van der Waals surface area contributed by atoms with Crippen LogP contribution in [0.2, 0.25) is 0 Å². The first-order valence-electron chi connectivity index (χ1n) is 8.75. The molecule has 0 atom stereocenters. The van der Waals surface area contributed by atoms with E-state index in [1.165, 1.54) is 18.4 Å². The van der Waals surface area contributed by atoms with E-state index in [9.17, 15) is 4.79 Å². The van der Waals surface area contributed by atoms with Gasteiger partial charge in [-0.05, 0) is 30.5 Å². The second kappa shape index (κ2) is 6.96. The molecule has 0 saturated heterocycles. The van der Waals surface area contributed by atoms with Crippen LogP contribution in [-0.2, 0) is 18.5 Å². The van der Waals surface area contributed by atoms with E-state index in [4.69, 9.17) is 4.52 Å². The topological polar surface area (TPSA) is 71.3 Å². The third-order valence-corrected chi connectivity index (χ3v) is 4.35. The van der Waals surface area contributed by atoms with Crippen molar-refractivity contribution in [2.75, 3.05) is 7.05 Å². The van der Waals surface area contributed by atoms with E-state index in [0.717, 1.165) is 12.4 Å². The molecule has 0 radical (unpaired) electrons. The summed E-state index contributed by atoms with van der Waals surface area (Å²) >= 11 is 0. The Balaban J connectivity index is 1.68. The highest BCUT2D eigenvalue weighted by Crippen LogP contribution is 2.30. The van der Waals surface area contributed by atoms with Crippen molar-refractivity contribution >= 4 is 5.91 Å². The SMILES string of the molecule is CNC(=O)c1ccc(CN(Cc2noc(C(C)(C)C)n2)C2CC2)cc1. The fourth-order valence-electron chi connectivity index (χ4n) is 2.70. The molecule has 6 nitrogen and oxygen atoms in total. The van der Waals surface area contributed by atoms with Crippen LogP contribution in [0.5, 0.6) is 0 Å². The minimum Gasteiger partial charge on any atom is -0.355 e. The molecule has 1 fully saturated rings. The highest BCUT2D eigenvalue weighted by atomic mass is 16.5. The summed E-state index contributed by atoms with van der Waals surface area (Å²) < 4.78 is 5.40. The highest BCUT2D eigenvalue weighted by molar-refractivity contribution is 5.93. The molecule has 3 rings (SSSR count). The minimum absolute atomic E-state index is 0.0629. The number of rotatable bonds is 6. The van der Waals surface area contributed by atoms with Crippen molar-refractivity contribution in [2.24, 2.45) is 0 Å². The normalized spacial score (nSPS) is 14.8. The van der Waals surface area contributed by atoms with Crippen LogP contribution >= 0.6 is 0 Å². The molecule has 134 valence electrons. The lowest BCUT2D eigenvalue weighted by atomic mass is 9.97. The number of carbonyl (C=O) groups excluding carboxylic acids is 1. The van der Waals surface area contributed by atoms with Crippen molar-refractivity contribution in [3.63, 3.8) is 0 Å². The molecule has 1 aromatic carbocycles. The molecule has 1 aliphatic carbocycles. The van der Waals surface area contributed by atoms with Gasteiger partial charge in [0, 0.05) is 30.6 Å². The van der Waals surface area contributed by atoms with Crippen LogP contribution in [-0.4, -0.2) is 34.0 Å². The molecule has 0 bridgehead atoms. The fraction of sp³-hybridized carbons (Fsp3) is 0.526. The summed E-state index contributed by atoms with van der Waals surface area (Å²) in [4.78, 5) is 18.6. The first-order chi connectivity index (χ1) is 11.9. The van der Waals surface area contributed by atoms with Gasteiger partial charge in [-0.1, -0.05) is 38.1 Å². The van der Waals surface area contributed by atoms with Gasteiger partial charge in [-0.2, -0.15) is 4.98 Å². The van der Waals surface area contributed by atoms with Crippen molar-refractivity contribution in [1.29, 1.82) is 0 Å². The Labute approximate surface area is 148 Å². The summed E-state index contributed by atoms with van der Waals surface area (Å²) in [6.45, 7) is 7.70. The molecular weight excluding hydrogens is 316 g/mol. The largest absolute Gasteiger partial charge is 0.355 e. The average Bonchev–Trinajstić information content (AvgIpc) is 3.32. The highest BCUT2D eigenvalue weighted by Gasteiger charge is 2.31. The Morgan fingerprint density at radius 1 is 1.24 bits per heavy atom. The molecule has 1 saturated carbocycles. The molecule has 1 aromatic heterocycles. The van der Waals surface area contributed by atoms with Crippen molar-refractivity contribution < 1.29 is 9.32 Å². The van der Waals surface area contributed by atoms with E-state index in [1.54, 1.807) is 7.05 Å². The molecule has 0 unspecified atom stereocenters. The summed E-state index contributed by atoms with van der Waals surface area (Å²) in [7, 11) is 1.64. The molecule has 2 aromatic rings. The van der Waals surface area contributed by atoms with Crippen molar-refractivity contribution in [3.8, 4) is 0 Å². The lowest BCUT2D eigenvalue weighted by molar-refractivity contribution is 0.0963. The van der Waals surface area contributed by atoms with Gasteiger partial charge in [0.1, 0.15) is 0 Å². The van der Waals surface area contributed by atoms with Crippen LogP contribution in [0, 0.1) is 0 Å². The first kappa shape index (κ1) is 17.6. The number of aromatic nitrogens is 2. The van der Waals surface area contributed by atoms with E-state index in [1.807, 2.05) is 24.3 Å². The zero-order valence-corrected chi connectivity index (χ0v) is 15.4. The van der Waals surface area contributed by atoms with Crippen LogP contribution in [0.3, 0.4) is 0 Å². The number of nitrogens with one attached hydrogen (secondary N) is 1. The summed E-state index contributed by atoms with van der Waals surface area (Å²) in [5.74, 6) is 1.35. The zero-order chi connectivity index (χ0) is 18.0. The predicted octanol–water partition coefficient (Wildman–Crippen LogP) is 2.89. The fourth-order valence-corrected chi connectivity index (χ4v) is 2.70. The number of amides is 1. The maximum absolute atomic E-state index is 11.6. The monoisotopic (exact) mass is 342 g/mol. The standard InChI is InChI=1S/C19H26N4O2/c1-19(2,3)18-21-16(22-25-18)12-23(15-9-10-15)11-13-5-7-14(8-6-13)17(24)20-4/h5-8,15H,9-12H2,1-4H3,(H,20,24). The number of hydrogen-bond donors (Lipinski definition) is 1. The van der Waals surface area contributed by atoms with Gasteiger partial charge in [-0.15, -0.1) is 0 Å². The Hall–Kier alpha value is -2.21. The number of hydrogen-bond acceptors (Lipinski definition) is 5. The Kier molecular flexibility index (Phi) is 4.90. The summed E-state index contributed by atoms with van der Waals surface area (Å²) in [5, 5.41) is 6.78. The molecule has 1 amide bonds. The zero-order valence-electron chi connectivity index (χ0n) is 15.4. The summed E-state index contributed by atoms with van der Waals surface area (Å²) in [5.41, 5.74) is 1.72. The van der Waals surface area contributed by atoms with Gasteiger partial charge in [0.2, 0.25) is 5.89 Å². The molecule has 6 heteroatoms. The van der Waals surface area contributed by atoms with Crippen LogP contribution < -0.4 is 5.32 Å². The first-order valence-corrected chi connectivity index (χ1v) is 8.75. The number of nitrogens with zero attached hydrogens (tertiary/aromatic N) is 3. The van der Waals surface area contributed by atoms with Crippen molar-refractivity contribution in [3.05, 3.63) is 47.1 Å². The second-order valence-corrected chi connectivity index (χ2v) is 7.68. The van der Waals surface area contributed by atoms with E-state index in [-0.39, 0.29) is 11.3 Å². The van der Waals surface area contributed by atoms with E-state index >= 15 is 0 Å². The van der Waals surface area contributed by atoms with Crippen molar-refractivity contribution in [1.82, 2.24) is 20.4 Å². The van der Waals surface area contributed by atoms with Gasteiger partial charge < -0.3 is 9.84 Å². The third-order valence-electron chi connectivity index (χ3n) is 4.35. The van der Waals surface area contributed by atoms with E-state index < -0.39 is 0 Å². The molecule has 1 N–H and O–H groups in total. The average molecular weight is 342 g/mol. The number of benzene rings is 1. The molecule has 0 aliphatic heterocycles. The summed E-state index contributed by atoms with van der Waals surface area (Å²) in [6, 6.07) is 8.33. The van der Waals surface area contributed by atoms with Gasteiger partial charge >= 0.3 is 0 Å². The van der Waals surface area contributed by atoms with Gasteiger partial charge in [-0.3, -0.25) is 9.69 Å². The van der Waals surface area contributed by atoms with E-state index in [2.05, 4.69) is 41.1 Å². The molecule has 1 heterocycles. The van der Waals surface area contributed by atoms with Gasteiger partial charge in [0.05, 0.1) is 6.54 Å². The molecule has 1 aliphatic rings. The third kappa shape index (κ3) is 4.45. The smallest absolute Gasteiger partial charge is 0.251 e. The van der Waals surface area contributed by atoms with E-state index in [0.29, 0.717) is 24.0 Å². The van der Waals surface area contributed by atoms with Crippen LogP contribution in [0.15, 0.2) is 28.8 Å².